The molecule has 0 aromatic heterocycles. The van der Waals surface area contributed by atoms with E-state index in [0.717, 1.165) is 5.56 Å². The molecule has 1 aromatic rings. The molecule has 0 heterocycles. The fourth-order valence-electron chi connectivity index (χ4n) is 2.35. The van der Waals surface area contributed by atoms with Crippen molar-refractivity contribution in [1.29, 1.82) is 0 Å². The maximum Gasteiger partial charge on any atom is 0.326 e. The van der Waals surface area contributed by atoms with Gasteiger partial charge in [0.15, 0.2) is 0 Å². The molecule has 1 aromatic carbocycles. The van der Waals surface area contributed by atoms with Gasteiger partial charge in [0, 0.05) is 12.2 Å². The van der Waals surface area contributed by atoms with Crippen LogP contribution in [0.25, 0.3) is 0 Å². The monoisotopic (exact) mass is 424 g/mol. The summed E-state index contributed by atoms with van der Waals surface area (Å²) in [5.74, 6) is -3.10. The number of carbonyl (C=O) groups is 4. The van der Waals surface area contributed by atoms with Crippen molar-refractivity contribution < 1.29 is 24.3 Å². The van der Waals surface area contributed by atoms with Crippen LogP contribution in [0.4, 0.5) is 0 Å². The molecule has 10 heteroatoms. The third-order valence-electron chi connectivity index (χ3n) is 4.18. The van der Waals surface area contributed by atoms with E-state index < -0.39 is 41.8 Å². The zero-order valence-corrected chi connectivity index (χ0v) is 17.3. The largest absolute Gasteiger partial charge is 0.480 e. The number of carboxylic acid groups (broad SMARTS) is 1. The summed E-state index contributed by atoms with van der Waals surface area (Å²) in [6, 6.07) is 5.89. The molecule has 3 amide bonds. The Morgan fingerprint density at radius 1 is 1.03 bits per heavy atom. The first kappa shape index (κ1) is 24.4. The molecule has 160 valence electrons. The van der Waals surface area contributed by atoms with Crippen molar-refractivity contribution >= 4 is 36.3 Å². The summed E-state index contributed by atoms with van der Waals surface area (Å²) in [7, 11) is 0. The highest BCUT2D eigenvalue weighted by atomic mass is 32.1. The van der Waals surface area contributed by atoms with E-state index in [9.17, 15) is 24.3 Å². The van der Waals surface area contributed by atoms with Crippen LogP contribution in [0.1, 0.15) is 19.4 Å². The highest BCUT2D eigenvalue weighted by molar-refractivity contribution is 7.80. The molecule has 0 saturated carbocycles. The summed E-state index contributed by atoms with van der Waals surface area (Å²) >= 11 is 4.04. The van der Waals surface area contributed by atoms with Gasteiger partial charge < -0.3 is 26.8 Å². The van der Waals surface area contributed by atoms with Crippen molar-refractivity contribution in [3.05, 3.63) is 35.9 Å². The van der Waals surface area contributed by atoms with E-state index in [4.69, 9.17) is 5.73 Å². The van der Waals surface area contributed by atoms with Gasteiger partial charge in [-0.25, -0.2) is 4.79 Å². The van der Waals surface area contributed by atoms with Crippen molar-refractivity contribution in [3.8, 4) is 0 Å². The van der Waals surface area contributed by atoms with Crippen LogP contribution in [0.2, 0.25) is 0 Å². The normalized spacial score (nSPS) is 13.8. The standard InChI is InChI=1S/C19H28N4O5S/c1-11(2)16(20)18(26)21-9-15(24)22-14(10-29)17(25)23-13(19(27)28)8-12-6-4-3-5-7-12/h3-7,11,13-14,16,29H,8-10,20H2,1-2H3,(H,21,26)(H,22,24)(H,23,25)(H,27,28). The number of carboxylic acids is 1. The number of hydrogen-bond acceptors (Lipinski definition) is 6. The molecule has 1 rings (SSSR count). The number of rotatable bonds is 11. The lowest BCUT2D eigenvalue weighted by molar-refractivity contribution is -0.142. The van der Waals surface area contributed by atoms with Crippen LogP contribution in [0.3, 0.4) is 0 Å². The highest BCUT2D eigenvalue weighted by Crippen LogP contribution is 2.04. The lowest BCUT2D eigenvalue weighted by atomic mass is 10.1. The molecular formula is C19H28N4O5S. The number of hydrogen-bond donors (Lipinski definition) is 6. The molecular weight excluding hydrogens is 396 g/mol. The second kappa shape index (κ2) is 12.1. The van der Waals surface area contributed by atoms with Crippen LogP contribution in [-0.4, -0.2) is 59.2 Å². The summed E-state index contributed by atoms with van der Waals surface area (Å²) in [5.41, 5.74) is 6.44. The number of nitrogens with one attached hydrogen (secondary N) is 3. The third-order valence-corrected chi connectivity index (χ3v) is 4.54. The summed E-state index contributed by atoms with van der Waals surface area (Å²) in [4.78, 5) is 47.7. The van der Waals surface area contributed by atoms with Gasteiger partial charge in [-0.05, 0) is 11.5 Å². The SMILES string of the molecule is CC(C)C(N)C(=O)NCC(=O)NC(CS)C(=O)NC(Cc1ccccc1)C(=O)O. The fourth-order valence-corrected chi connectivity index (χ4v) is 2.61. The Morgan fingerprint density at radius 3 is 2.17 bits per heavy atom. The van der Waals surface area contributed by atoms with E-state index in [2.05, 4.69) is 28.6 Å². The predicted octanol–water partition coefficient (Wildman–Crippen LogP) is -0.687. The van der Waals surface area contributed by atoms with Gasteiger partial charge in [-0.2, -0.15) is 12.6 Å². The zero-order valence-electron chi connectivity index (χ0n) is 16.4. The Hall–Kier alpha value is -2.59. The average Bonchev–Trinajstić information content (AvgIpc) is 2.69. The predicted molar refractivity (Wildman–Crippen MR) is 111 cm³/mol. The second-order valence-electron chi connectivity index (χ2n) is 6.88. The smallest absolute Gasteiger partial charge is 0.326 e. The molecule has 9 nitrogen and oxygen atoms in total. The summed E-state index contributed by atoms with van der Waals surface area (Å²) in [5, 5.41) is 16.6. The molecule has 0 radical (unpaired) electrons. The van der Waals surface area contributed by atoms with Crippen LogP contribution >= 0.6 is 12.6 Å². The van der Waals surface area contributed by atoms with Crippen molar-refractivity contribution in [2.24, 2.45) is 11.7 Å². The molecule has 0 bridgehead atoms. The van der Waals surface area contributed by atoms with Crippen LogP contribution < -0.4 is 21.7 Å². The van der Waals surface area contributed by atoms with Crippen molar-refractivity contribution in [2.45, 2.75) is 38.4 Å². The van der Waals surface area contributed by atoms with E-state index in [1.807, 2.05) is 0 Å². The number of amides is 3. The average molecular weight is 425 g/mol. The Balaban J connectivity index is 2.61. The fraction of sp³-hybridized carbons (Fsp3) is 0.474. The summed E-state index contributed by atoms with van der Waals surface area (Å²) in [6.45, 7) is 3.20. The molecule has 3 unspecified atom stereocenters. The quantitative estimate of drug-likeness (QED) is 0.259. The van der Waals surface area contributed by atoms with Gasteiger partial charge in [-0.1, -0.05) is 44.2 Å². The Kier molecular flexibility index (Phi) is 10.2. The first-order valence-corrected chi connectivity index (χ1v) is 9.79. The second-order valence-corrected chi connectivity index (χ2v) is 7.24. The van der Waals surface area contributed by atoms with Gasteiger partial charge in [-0.3, -0.25) is 14.4 Å². The molecule has 0 aliphatic heterocycles. The van der Waals surface area contributed by atoms with Crippen LogP contribution in [0, 0.1) is 5.92 Å². The topological polar surface area (TPSA) is 151 Å². The van der Waals surface area contributed by atoms with E-state index in [1.54, 1.807) is 44.2 Å². The van der Waals surface area contributed by atoms with Gasteiger partial charge in [0.25, 0.3) is 0 Å². The number of thiol groups is 1. The lowest BCUT2D eigenvalue weighted by Gasteiger charge is -2.21. The number of aliphatic carboxylic acids is 1. The van der Waals surface area contributed by atoms with E-state index >= 15 is 0 Å². The van der Waals surface area contributed by atoms with Gasteiger partial charge in [-0.15, -0.1) is 0 Å². The molecule has 0 saturated heterocycles. The minimum Gasteiger partial charge on any atom is -0.480 e. The minimum atomic E-state index is -1.19. The van der Waals surface area contributed by atoms with Crippen molar-refractivity contribution in [2.75, 3.05) is 12.3 Å². The summed E-state index contributed by atoms with van der Waals surface area (Å²) in [6.07, 6.45) is 0.0955. The lowest BCUT2D eigenvalue weighted by Crippen LogP contribution is -2.55. The first-order valence-electron chi connectivity index (χ1n) is 9.16. The third kappa shape index (κ3) is 8.53. The van der Waals surface area contributed by atoms with Crippen LogP contribution in [0.5, 0.6) is 0 Å². The molecule has 0 fully saturated rings. The van der Waals surface area contributed by atoms with E-state index in [1.165, 1.54) is 0 Å². The maximum absolute atomic E-state index is 12.4. The number of carbonyl (C=O) groups excluding carboxylic acids is 3. The number of benzene rings is 1. The van der Waals surface area contributed by atoms with Gasteiger partial charge in [0.05, 0.1) is 12.6 Å². The van der Waals surface area contributed by atoms with Gasteiger partial charge in [0.1, 0.15) is 12.1 Å². The van der Waals surface area contributed by atoms with Gasteiger partial charge in [0.2, 0.25) is 17.7 Å². The number of nitrogens with two attached hydrogens (primary N) is 1. The Labute approximate surface area is 175 Å². The molecule has 0 aliphatic carbocycles. The van der Waals surface area contributed by atoms with Crippen LogP contribution in [0.15, 0.2) is 30.3 Å². The molecule has 3 atom stereocenters. The highest BCUT2D eigenvalue weighted by Gasteiger charge is 2.26. The van der Waals surface area contributed by atoms with E-state index in [0.29, 0.717) is 0 Å². The minimum absolute atomic E-state index is 0.0469. The van der Waals surface area contributed by atoms with Crippen molar-refractivity contribution in [1.82, 2.24) is 16.0 Å². The van der Waals surface area contributed by atoms with E-state index in [-0.39, 0.29) is 24.6 Å². The molecule has 29 heavy (non-hydrogen) atoms. The van der Waals surface area contributed by atoms with Crippen molar-refractivity contribution in [3.63, 3.8) is 0 Å². The molecule has 6 N–H and O–H groups in total. The van der Waals surface area contributed by atoms with Gasteiger partial charge >= 0.3 is 5.97 Å². The Bertz CT molecular complexity index is 714. The summed E-state index contributed by atoms with van der Waals surface area (Å²) < 4.78 is 0. The van der Waals surface area contributed by atoms with Crippen LogP contribution in [-0.2, 0) is 25.6 Å². The molecule has 0 spiro atoms. The maximum atomic E-state index is 12.4. The first-order chi connectivity index (χ1) is 13.6. The molecule has 0 aliphatic rings. The zero-order chi connectivity index (χ0) is 22.0. The Morgan fingerprint density at radius 2 is 1.66 bits per heavy atom.